The van der Waals surface area contributed by atoms with E-state index >= 15 is 0 Å². The van der Waals surface area contributed by atoms with Gasteiger partial charge in [-0.25, -0.2) is 0 Å². The van der Waals surface area contributed by atoms with Gasteiger partial charge in [-0.1, -0.05) is 13.8 Å². The first-order chi connectivity index (χ1) is 7.70. The second-order valence-electron chi connectivity index (χ2n) is 5.87. The number of hydrogen-bond acceptors (Lipinski definition) is 3. The van der Waals surface area contributed by atoms with Gasteiger partial charge < -0.3 is 10.6 Å². The van der Waals surface area contributed by atoms with Crippen LogP contribution in [0.4, 0.5) is 0 Å². The van der Waals surface area contributed by atoms with E-state index in [1.807, 2.05) is 0 Å². The van der Waals surface area contributed by atoms with E-state index < -0.39 is 0 Å². The molecule has 0 aromatic rings. The van der Waals surface area contributed by atoms with Gasteiger partial charge in [0.25, 0.3) is 0 Å². The zero-order valence-corrected chi connectivity index (χ0v) is 10.9. The van der Waals surface area contributed by atoms with Gasteiger partial charge in [-0.05, 0) is 31.2 Å². The summed E-state index contributed by atoms with van der Waals surface area (Å²) in [4.78, 5) is 5.29. The lowest BCUT2D eigenvalue weighted by molar-refractivity contribution is 0.0214. The summed E-state index contributed by atoms with van der Waals surface area (Å²) in [5.74, 6) is 1.59. The van der Waals surface area contributed by atoms with Crippen LogP contribution in [0.3, 0.4) is 0 Å². The monoisotopic (exact) mass is 225 g/mol. The molecule has 0 radical (unpaired) electrons. The quantitative estimate of drug-likeness (QED) is 0.775. The maximum Gasteiger partial charge on any atom is 0.0137 e. The van der Waals surface area contributed by atoms with Crippen molar-refractivity contribution in [3.8, 4) is 0 Å². The highest BCUT2D eigenvalue weighted by atomic mass is 15.3. The van der Waals surface area contributed by atoms with Gasteiger partial charge in [-0.2, -0.15) is 0 Å². The molecule has 1 saturated carbocycles. The number of nitrogens with zero attached hydrogens (tertiary/aromatic N) is 2. The summed E-state index contributed by atoms with van der Waals surface area (Å²) in [5, 5.41) is 0. The second kappa shape index (κ2) is 5.48. The van der Waals surface area contributed by atoms with Crippen LogP contribution >= 0.6 is 0 Å². The average Bonchev–Trinajstić information content (AvgIpc) is 2.19. The van der Waals surface area contributed by atoms with Crippen LogP contribution in [0.1, 0.15) is 26.7 Å². The fourth-order valence-electron chi connectivity index (χ4n) is 3.10. The Morgan fingerprint density at radius 2 is 1.81 bits per heavy atom. The molecule has 2 aliphatic rings. The Balaban J connectivity index is 1.73. The van der Waals surface area contributed by atoms with Crippen molar-refractivity contribution in [3.05, 3.63) is 0 Å². The fraction of sp³-hybridized carbons (Fsp3) is 1.00. The molecule has 0 bridgehead atoms. The smallest absolute Gasteiger partial charge is 0.0137 e. The zero-order chi connectivity index (χ0) is 11.5. The van der Waals surface area contributed by atoms with Crippen LogP contribution in [0, 0.1) is 11.8 Å². The molecule has 1 aliphatic carbocycles. The Bertz CT molecular complexity index is 207. The largest absolute Gasteiger partial charge is 0.330 e. The molecule has 3 heteroatoms. The third kappa shape index (κ3) is 2.76. The molecule has 3 nitrogen and oxygen atoms in total. The molecule has 0 spiro atoms. The molecule has 0 aromatic carbocycles. The Kier molecular flexibility index (Phi) is 4.22. The summed E-state index contributed by atoms with van der Waals surface area (Å²) in [7, 11) is 0. The minimum absolute atomic E-state index is 0.789. The fourth-order valence-corrected chi connectivity index (χ4v) is 3.10. The van der Waals surface area contributed by atoms with Crippen LogP contribution < -0.4 is 5.73 Å². The molecule has 2 atom stereocenters. The topological polar surface area (TPSA) is 32.5 Å². The minimum Gasteiger partial charge on any atom is -0.330 e. The maximum absolute atomic E-state index is 5.79. The molecule has 2 fully saturated rings. The Morgan fingerprint density at radius 3 is 2.25 bits per heavy atom. The van der Waals surface area contributed by atoms with Crippen LogP contribution in [0.2, 0.25) is 0 Å². The van der Waals surface area contributed by atoms with E-state index in [4.69, 9.17) is 5.73 Å². The van der Waals surface area contributed by atoms with Crippen LogP contribution in [0.5, 0.6) is 0 Å². The summed E-state index contributed by atoms with van der Waals surface area (Å²) in [6.45, 7) is 11.8. The molecule has 16 heavy (non-hydrogen) atoms. The van der Waals surface area contributed by atoms with Crippen LogP contribution in [-0.4, -0.2) is 55.1 Å². The summed E-state index contributed by atoms with van der Waals surface area (Å²) in [5.41, 5.74) is 5.79. The molecular weight excluding hydrogens is 198 g/mol. The van der Waals surface area contributed by atoms with Crippen molar-refractivity contribution in [3.63, 3.8) is 0 Å². The van der Waals surface area contributed by atoms with E-state index in [9.17, 15) is 0 Å². The Labute approximate surface area is 100.0 Å². The summed E-state index contributed by atoms with van der Waals surface area (Å²) in [6.07, 6.45) is 2.74. The van der Waals surface area contributed by atoms with Gasteiger partial charge in [0, 0.05) is 38.8 Å². The van der Waals surface area contributed by atoms with E-state index in [0.717, 1.165) is 24.4 Å². The molecule has 0 aromatic heterocycles. The average molecular weight is 225 g/mol. The molecule has 1 heterocycles. The van der Waals surface area contributed by atoms with E-state index in [1.54, 1.807) is 0 Å². The van der Waals surface area contributed by atoms with Crippen molar-refractivity contribution >= 4 is 0 Å². The van der Waals surface area contributed by atoms with Crippen molar-refractivity contribution in [1.82, 2.24) is 9.80 Å². The molecule has 2 rings (SSSR count). The van der Waals surface area contributed by atoms with Crippen molar-refractivity contribution in [2.45, 2.75) is 32.7 Å². The molecule has 1 saturated heterocycles. The first-order valence-corrected chi connectivity index (χ1v) is 6.87. The van der Waals surface area contributed by atoms with E-state index in [0.29, 0.717) is 0 Å². The predicted octanol–water partition coefficient (Wildman–Crippen LogP) is 0.997. The maximum atomic E-state index is 5.79. The molecule has 1 aliphatic heterocycles. The van der Waals surface area contributed by atoms with Gasteiger partial charge in [-0.3, -0.25) is 4.90 Å². The second-order valence-corrected chi connectivity index (χ2v) is 5.87. The van der Waals surface area contributed by atoms with Gasteiger partial charge in [0.2, 0.25) is 0 Å². The van der Waals surface area contributed by atoms with Gasteiger partial charge in [0.05, 0.1) is 0 Å². The molecule has 0 amide bonds. The highest BCUT2D eigenvalue weighted by molar-refractivity contribution is 4.91. The van der Waals surface area contributed by atoms with E-state index in [2.05, 4.69) is 23.6 Å². The van der Waals surface area contributed by atoms with Gasteiger partial charge in [0.15, 0.2) is 0 Å². The summed E-state index contributed by atoms with van der Waals surface area (Å²) < 4.78 is 0. The normalized spacial score (nSPS) is 33.0. The summed E-state index contributed by atoms with van der Waals surface area (Å²) >= 11 is 0. The van der Waals surface area contributed by atoms with E-state index in [1.165, 1.54) is 45.6 Å². The molecule has 2 N–H and O–H groups in total. The number of hydrogen-bond donors (Lipinski definition) is 1. The van der Waals surface area contributed by atoms with E-state index in [-0.39, 0.29) is 0 Å². The number of rotatable bonds is 4. The first kappa shape index (κ1) is 12.3. The minimum atomic E-state index is 0.789. The van der Waals surface area contributed by atoms with Crippen LogP contribution in [0.25, 0.3) is 0 Å². The highest BCUT2D eigenvalue weighted by Crippen LogP contribution is 2.31. The Morgan fingerprint density at radius 1 is 1.12 bits per heavy atom. The lowest BCUT2D eigenvalue weighted by atomic mass is 9.78. The van der Waals surface area contributed by atoms with Crippen molar-refractivity contribution in [2.24, 2.45) is 17.6 Å². The van der Waals surface area contributed by atoms with Crippen LogP contribution in [-0.2, 0) is 0 Å². The SMILES string of the molecule is CC(C)CN1CCN(C2CCC2CN)CC1. The summed E-state index contributed by atoms with van der Waals surface area (Å²) in [6, 6.07) is 0.811. The third-order valence-corrected chi connectivity index (χ3v) is 4.18. The molecular formula is C13H27N3. The van der Waals surface area contributed by atoms with Gasteiger partial charge >= 0.3 is 0 Å². The number of nitrogens with two attached hydrogens (primary N) is 1. The lowest BCUT2D eigenvalue weighted by Gasteiger charge is -2.47. The highest BCUT2D eigenvalue weighted by Gasteiger charge is 2.35. The third-order valence-electron chi connectivity index (χ3n) is 4.18. The standard InChI is InChI=1S/C13H27N3/c1-11(2)10-15-5-7-16(8-6-15)13-4-3-12(13)9-14/h11-13H,3-10,14H2,1-2H3. The van der Waals surface area contributed by atoms with Gasteiger partial charge in [-0.15, -0.1) is 0 Å². The first-order valence-electron chi connectivity index (χ1n) is 6.87. The van der Waals surface area contributed by atoms with Crippen molar-refractivity contribution in [2.75, 3.05) is 39.3 Å². The van der Waals surface area contributed by atoms with Crippen molar-refractivity contribution < 1.29 is 0 Å². The molecule has 94 valence electrons. The zero-order valence-electron chi connectivity index (χ0n) is 10.9. The lowest BCUT2D eigenvalue weighted by Crippen LogP contribution is -2.57. The van der Waals surface area contributed by atoms with Crippen molar-refractivity contribution in [1.29, 1.82) is 0 Å². The van der Waals surface area contributed by atoms with Crippen LogP contribution in [0.15, 0.2) is 0 Å². The molecule has 2 unspecified atom stereocenters. The van der Waals surface area contributed by atoms with Gasteiger partial charge in [0.1, 0.15) is 0 Å². The number of piperazine rings is 1. The predicted molar refractivity (Wildman–Crippen MR) is 68.4 cm³/mol. The Hall–Kier alpha value is -0.120.